The summed E-state index contributed by atoms with van der Waals surface area (Å²) in [5.74, 6) is 0.342. The fourth-order valence-corrected chi connectivity index (χ4v) is 1.73. The van der Waals surface area contributed by atoms with Crippen LogP contribution in [0.15, 0.2) is 36.4 Å². The van der Waals surface area contributed by atoms with Crippen molar-refractivity contribution in [1.29, 1.82) is 0 Å². The van der Waals surface area contributed by atoms with Gasteiger partial charge in [0.25, 0.3) is 0 Å². The Labute approximate surface area is 112 Å². The van der Waals surface area contributed by atoms with E-state index in [1.54, 1.807) is 30.1 Å². The average Bonchev–Trinajstić information content (AvgIpc) is 2.45. The molecule has 0 fully saturated rings. The second kappa shape index (κ2) is 6.24. The number of para-hydroxylation sites is 1. The van der Waals surface area contributed by atoms with Crippen LogP contribution >= 0.6 is 0 Å². The van der Waals surface area contributed by atoms with Gasteiger partial charge in [-0.25, -0.2) is 4.39 Å². The van der Waals surface area contributed by atoms with Gasteiger partial charge < -0.3 is 10.2 Å². The molecule has 0 spiro atoms. The first kappa shape index (κ1) is 13.4. The predicted molar refractivity (Wildman–Crippen MR) is 73.9 cm³/mol. The molecule has 1 aromatic carbocycles. The molecule has 0 unspecified atom stereocenters. The maximum Gasteiger partial charge on any atom is 0.155 e. The van der Waals surface area contributed by atoms with Crippen molar-refractivity contribution in [2.24, 2.45) is 0 Å². The SMILES string of the molecule is CCNCc1ccc(N(C)c2ccccc2F)nn1. The number of anilines is 2. The normalized spacial score (nSPS) is 10.5. The topological polar surface area (TPSA) is 41.0 Å². The molecule has 100 valence electrons. The van der Waals surface area contributed by atoms with Crippen molar-refractivity contribution in [1.82, 2.24) is 15.5 Å². The van der Waals surface area contributed by atoms with Crippen molar-refractivity contribution in [2.45, 2.75) is 13.5 Å². The summed E-state index contributed by atoms with van der Waals surface area (Å²) in [5.41, 5.74) is 1.35. The van der Waals surface area contributed by atoms with Crippen LogP contribution in [0.4, 0.5) is 15.9 Å². The van der Waals surface area contributed by atoms with Crippen molar-refractivity contribution < 1.29 is 4.39 Å². The quantitative estimate of drug-likeness (QED) is 0.896. The number of halogens is 1. The molecule has 0 saturated carbocycles. The number of hydrogen-bond acceptors (Lipinski definition) is 4. The highest BCUT2D eigenvalue weighted by atomic mass is 19.1. The van der Waals surface area contributed by atoms with Crippen LogP contribution in [0.2, 0.25) is 0 Å². The summed E-state index contributed by atoms with van der Waals surface area (Å²) in [6.07, 6.45) is 0. The van der Waals surface area contributed by atoms with E-state index in [4.69, 9.17) is 0 Å². The summed E-state index contributed by atoms with van der Waals surface area (Å²) in [7, 11) is 1.77. The molecule has 2 aromatic rings. The van der Waals surface area contributed by atoms with Gasteiger partial charge in [0.15, 0.2) is 5.82 Å². The van der Waals surface area contributed by atoms with Crippen molar-refractivity contribution in [2.75, 3.05) is 18.5 Å². The van der Waals surface area contributed by atoms with Gasteiger partial charge >= 0.3 is 0 Å². The summed E-state index contributed by atoms with van der Waals surface area (Å²) in [6, 6.07) is 10.3. The van der Waals surface area contributed by atoms with E-state index in [1.807, 2.05) is 19.1 Å². The minimum Gasteiger partial charge on any atom is -0.326 e. The zero-order valence-electron chi connectivity index (χ0n) is 11.1. The molecule has 0 atom stereocenters. The van der Waals surface area contributed by atoms with Crippen molar-refractivity contribution in [3.8, 4) is 0 Å². The lowest BCUT2D eigenvalue weighted by atomic mass is 10.3. The largest absolute Gasteiger partial charge is 0.326 e. The Bertz CT molecular complexity index is 527. The molecule has 0 amide bonds. The smallest absolute Gasteiger partial charge is 0.155 e. The van der Waals surface area contributed by atoms with Gasteiger partial charge in [0.2, 0.25) is 0 Å². The highest BCUT2D eigenvalue weighted by molar-refractivity contribution is 5.59. The second-order valence-electron chi connectivity index (χ2n) is 4.17. The molecule has 0 saturated heterocycles. The monoisotopic (exact) mass is 260 g/mol. The Kier molecular flexibility index (Phi) is 4.41. The third kappa shape index (κ3) is 3.26. The van der Waals surface area contributed by atoms with E-state index in [9.17, 15) is 4.39 Å². The van der Waals surface area contributed by atoms with Gasteiger partial charge in [0, 0.05) is 13.6 Å². The fraction of sp³-hybridized carbons (Fsp3) is 0.286. The standard InChI is InChI=1S/C14H17FN4/c1-3-16-10-11-8-9-14(18-17-11)19(2)13-7-5-4-6-12(13)15/h4-9,16H,3,10H2,1-2H3. The molecular formula is C14H17FN4. The van der Waals surface area contributed by atoms with Crippen LogP contribution in [0.1, 0.15) is 12.6 Å². The number of nitrogens with zero attached hydrogens (tertiary/aromatic N) is 3. The molecule has 1 N–H and O–H groups in total. The van der Waals surface area contributed by atoms with E-state index >= 15 is 0 Å². The Morgan fingerprint density at radius 1 is 1.16 bits per heavy atom. The maximum absolute atomic E-state index is 13.7. The number of rotatable bonds is 5. The van der Waals surface area contributed by atoms with E-state index in [1.165, 1.54) is 6.07 Å². The van der Waals surface area contributed by atoms with Gasteiger partial charge in [0.1, 0.15) is 5.82 Å². The Balaban J connectivity index is 2.16. The first-order valence-electron chi connectivity index (χ1n) is 6.24. The number of benzene rings is 1. The maximum atomic E-state index is 13.7. The summed E-state index contributed by atoms with van der Waals surface area (Å²) in [6.45, 7) is 3.61. The van der Waals surface area contributed by atoms with E-state index in [0.717, 1.165) is 12.2 Å². The third-order valence-corrected chi connectivity index (χ3v) is 2.82. The molecule has 5 heteroatoms. The molecule has 0 bridgehead atoms. The first-order chi connectivity index (χ1) is 9.22. The van der Waals surface area contributed by atoms with Crippen molar-refractivity contribution in [3.05, 3.63) is 47.9 Å². The van der Waals surface area contributed by atoms with E-state index in [-0.39, 0.29) is 5.82 Å². The molecular weight excluding hydrogens is 243 g/mol. The lowest BCUT2D eigenvalue weighted by Crippen LogP contribution is -2.16. The van der Waals surface area contributed by atoms with Gasteiger partial charge in [-0.3, -0.25) is 0 Å². The minimum atomic E-state index is -0.275. The molecule has 0 radical (unpaired) electrons. The third-order valence-electron chi connectivity index (χ3n) is 2.82. The van der Waals surface area contributed by atoms with Crippen LogP contribution in [0.5, 0.6) is 0 Å². The predicted octanol–water partition coefficient (Wildman–Crippen LogP) is 2.49. The number of aromatic nitrogens is 2. The summed E-state index contributed by atoms with van der Waals surface area (Å²) >= 11 is 0. The van der Waals surface area contributed by atoms with Gasteiger partial charge in [-0.15, -0.1) is 5.10 Å². The summed E-state index contributed by atoms with van der Waals surface area (Å²) < 4.78 is 13.7. The number of hydrogen-bond donors (Lipinski definition) is 1. The van der Waals surface area contributed by atoms with Crippen LogP contribution in [-0.2, 0) is 6.54 Å². The van der Waals surface area contributed by atoms with E-state index in [0.29, 0.717) is 18.1 Å². The molecule has 0 aliphatic rings. The average molecular weight is 260 g/mol. The Morgan fingerprint density at radius 2 is 1.95 bits per heavy atom. The van der Waals surface area contributed by atoms with Gasteiger partial charge in [-0.05, 0) is 30.8 Å². The highest BCUT2D eigenvalue weighted by Gasteiger charge is 2.10. The molecule has 2 rings (SSSR count). The van der Waals surface area contributed by atoms with Gasteiger partial charge in [-0.1, -0.05) is 19.1 Å². The molecule has 0 aliphatic heterocycles. The van der Waals surface area contributed by atoms with Crippen molar-refractivity contribution in [3.63, 3.8) is 0 Å². The molecule has 1 aromatic heterocycles. The zero-order valence-corrected chi connectivity index (χ0v) is 11.1. The highest BCUT2D eigenvalue weighted by Crippen LogP contribution is 2.23. The van der Waals surface area contributed by atoms with Crippen LogP contribution in [-0.4, -0.2) is 23.8 Å². The lowest BCUT2D eigenvalue weighted by Gasteiger charge is -2.18. The zero-order chi connectivity index (χ0) is 13.7. The Morgan fingerprint density at radius 3 is 2.58 bits per heavy atom. The van der Waals surface area contributed by atoms with Crippen LogP contribution in [0, 0.1) is 5.82 Å². The summed E-state index contributed by atoms with van der Waals surface area (Å²) in [4.78, 5) is 1.68. The molecule has 1 heterocycles. The first-order valence-corrected chi connectivity index (χ1v) is 6.24. The fourth-order valence-electron chi connectivity index (χ4n) is 1.73. The van der Waals surface area contributed by atoms with E-state index < -0.39 is 0 Å². The van der Waals surface area contributed by atoms with Crippen LogP contribution in [0.25, 0.3) is 0 Å². The molecule has 19 heavy (non-hydrogen) atoms. The molecule has 0 aliphatic carbocycles. The van der Waals surface area contributed by atoms with Crippen LogP contribution in [0.3, 0.4) is 0 Å². The van der Waals surface area contributed by atoms with E-state index in [2.05, 4.69) is 15.5 Å². The van der Waals surface area contributed by atoms with Gasteiger partial charge in [-0.2, -0.15) is 5.10 Å². The second-order valence-corrected chi connectivity index (χ2v) is 4.17. The van der Waals surface area contributed by atoms with Gasteiger partial charge in [0.05, 0.1) is 11.4 Å². The minimum absolute atomic E-state index is 0.275. The molecule has 4 nitrogen and oxygen atoms in total. The number of nitrogens with one attached hydrogen (secondary N) is 1. The summed E-state index contributed by atoms with van der Waals surface area (Å²) in [5, 5.41) is 11.4. The van der Waals surface area contributed by atoms with Crippen LogP contribution < -0.4 is 10.2 Å². The Hall–Kier alpha value is -2.01. The lowest BCUT2D eigenvalue weighted by molar-refractivity contribution is 0.627. The van der Waals surface area contributed by atoms with Crippen molar-refractivity contribution >= 4 is 11.5 Å².